The molecule has 0 aromatic heterocycles. The Balaban J connectivity index is 2.23. The lowest BCUT2D eigenvalue weighted by Crippen LogP contribution is -2.74. The normalized spacial score (nSPS) is 21.7. The predicted octanol–water partition coefficient (Wildman–Crippen LogP) is 3.37. The fraction of sp³-hybridized carbons (Fsp3) is 0.455. The van der Waals surface area contributed by atoms with Crippen molar-refractivity contribution in [1.29, 1.82) is 0 Å². The molecule has 140 valence electrons. The van der Waals surface area contributed by atoms with Crippen LogP contribution in [0.2, 0.25) is 0 Å². The van der Waals surface area contributed by atoms with Gasteiger partial charge in [-0.15, -0.1) is 0 Å². The first kappa shape index (κ1) is 19.3. The number of hydrogen-bond donors (Lipinski definition) is 0. The third-order valence-corrected chi connectivity index (χ3v) is 9.13. The van der Waals surface area contributed by atoms with E-state index in [0.29, 0.717) is 5.92 Å². The lowest BCUT2D eigenvalue weighted by molar-refractivity contribution is -0.00948. The fourth-order valence-electron chi connectivity index (χ4n) is 3.93. The third kappa shape index (κ3) is 3.65. The molecule has 1 saturated heterocycles. The van der Waals surface area contributed by atoms with Crippen LogP contribution in [0.1, 0.15) is 34.6 Å². The van der Waals surface area contributed by atoms with Gasteiger partial charge in [-0.25, -0.2) is 0 Å². The average molecular weight is 370 g/mol. The van der Waals surface area contributed by atoms with Crippen LogP contribution in [0.3, 0.4) is 0 Å². The highest BCUT2D eigenvalue weighted by atomic mass is 28.4. The molecule has 2 aromatic rings. The van der Waals surface area contributed by atoms with Crippen LogP contribution in [-0.4, -0.2) is 38.0 Å². The summed E-state index contributed by atoms with van der Waals surface area (Å²) in [6, 6.07) is 21.5. The maximum atomic E-state index is 6.91. The van der Waals surface area contributed by atoms with Crippen molar-refractivity contribution in [1.82, 2.24) is 4.57 Å². The Labute approximate surface area is 159 Å². The van der Waals surface area contributed by atoms with Crippen molar-refractivity contribution >= 4 is 18.9 Å². The van der Waals surface area contributed by atoms with Gasteiger partial charge in [-0.1, -0.05) is 74.5 Å². The van der Waals surface area contributed by atoms with Crippen molar-refractivity contribution in [3.8, 4) is 0 Å². The minimum Gasteiger partial charge on any atom is -0.394 e. The molecule has 0 bridgehead atoms. The molecule has 1 aliphatic heterocycles. The monoisotopic (exact) mass is 369 g/mol. The van der Waals surface area contributed by atoms with Gasteiger partial charge in [0.2, 0.25) is 0 Å². The molecular formula is C22H31NO2Si. The second kappa shape index (κ2) is 8.05. The number of ether oxygens (including phenoxy) is 1. The molecule has 2 atom stereocenters. The van der Waals surface area contributed by atoms with E-state index in [0.717, 1.165) is 6.54 Å². The van der Waals surface area contributed by atoms with Gasteiger partial charge in [-0.2, -0.15) is 0 Å². The molecule has 0 aliphatic carbocycles. The molecule has 26 heavy (non-hydrogen) atoms. The lowest BCUT2D eigenvalue weighted by atomic mass is 10.2. The van der Waals surface area contributed by atoms with E-state index in [4.69, 9.17) is 9.16 Å². The Morgan fingerprint density at radius 1 is 0.923 bits per heavy atom. The van der Waals surface area contributed by atoms with Gasteiger partial charge in [-0.3, -0.25) is 4.57 Å². The van der Waals surface area contributed by atoms with Crippen LogP contribution in [0.25, 0.3) is 0 Å². The molecule has 4 heteroatoms. The minimum atomic E-state index is -2.64. The largest absolute Gasteiger partial charge is 0.394 e. The number of rotatable bonds is 6. The molecule has 2 aromatic carbocycles. The van der Waals surface area contributed by atoms with E-state index in [1.54, 1.807) is 0 Å². The van der Waals surface area contributed by atoms with Crippen LogP contribution in [0, 0.1) is 5.92 Å². The molecule has 1 heterocycles. The molecule has 3 nitrogen and oxygen atoms in total. The van der Waals surface area contributed by atoms with E-state index < -0.39 is 8.48 Å². The zero-order chi connectivity index (χ0) is 18.7. The average Bonchev–Trinajstić information content (AvgIpc) is 3.03. The number of nitrogens with zero attached hydrogens (tertiary/aromatic N) is 1. The van der Waals surface area contributed by atoms with E-state index in [9.17, 15) is 0 Å². The zero-order valence-corrected chi connectivity index (χ0v) is 17.6. The molecule has 1 aliphatic rings. The van der Waals surface area contributed by atoms with Crippen LogP contribution < -0.4 is 10.4 Å². The van der Waals surface area contributed by atoms with Crippen LogP contribution in [0.15, 0.2) is 60.7 Å². The highest BCUT2D eigenvalue weighted by molar-refractivity contribution is 6.95. The van der Waals surface area contributed by atoms with Crippen molar-refractivity contribution in [2.24, 2.45) is 5.92 Å². The summed E-state index contributed by atoms with van der Waals surface area (Å²) in [5.41, 5.74) is 0. The number of hydrogen-bond acceptors (Lipinski definition) is 3. The lowest BCUT2D eigenvalue weighted by Gasteiger charge is -2.43. The Morgan fingerprint density at radius 3 is 1.85 bits per heavy atom. The van der Waals surface area contributed by atoms with Crippen LogP contribution in [-0.2, 0) is 9.16 Å². The Hall–Kier alpha value is -1.46. The summed E-state index contributed by atoms with van der Waals surface area (Å²) in [5, 5.41) is 2.56. The molecule has 0 N–H and O–H groups in total. The summed E-state index contributed by atoms with van der Waals surface area (Å²) < 4.78 is 15.8. The molecule has 0 spiro atoms. The second-order valence-electron chi connectivity index (χ2n) is 7.78. The topological polar surface area (TPSA) is 21.7 Å². The fourth-order valence-corrected chi connectivity index (χ4v) is 8.54. The molecule has 0 saturated carbocycles. The van der Waals surface area contributed by atoms with E-state index in [2.05, 4.69) is 99.8 Å². The van der Waals surface area contributed by atoms with Crippen molar-refractivity contribution < 1.29 is 9.16 Å². The van der Waals surface area contributed by atoms with E-state index in [-0.39, 0.29) is 18.4 Å². The Morgan fingerprint density at radius 2 is 1.42 bits per heavy atom. The van der Waals surface area contributed by atoms with Crippen molar-refractivity contribution in [2.45, 2.75) is 53.1 Å². The van der Waals surface area contributed by atoms with Crippen molar-refractivity contribution in [3.63, 3.8) is 0 Å². The maximum Gasteiger partial charge on any atom is 0.341 e. The summed E-state index contributed by atoms with van der Waals surface area (Å²) in [7, 11) is -2.64. The molecule has 1 fully saturated rings. The first-order valence-corrected chi connectivity index (χ1v) is 11.5. The summed E-state index contributed by atoms with van der Waals surface area (Å²) >= 11 is 0. The number of benzene rings is 2. The zero-order valence-electron chi connectivity index (χ0n) is 16.6. The highest BCUT2D eigenvalue weighted by Crippen LogP contribution is 2.29. The van der Waals surface area contributed by atoms with E-state index in [1.165, 1.54) is 10.4 Å². The van der Waals surface area contributed by atoms with Gasteiger partial charge in [0.15, 0.2) is 0 Å². The second-order valence-corrected chi connectivity index (χ2v) is 11.0. The van der Waals surface area contributed by atoms with Gasteiger partial charge in [0.05, 0.1) is 6.10 Å². The molecular weight excluding hydrogens is 338 g/mol. The molecule has 3 rings (SSSR count). The third-order valence-electron chi connectivity index (χ3n) is 4.84. The summed E-state index contributed by atoms with van der Waals surface area (Å²) in [6.07, 6.45) is 0.402. The first-order chi connectivity index (χ1) is 12.4. The van der Waals surface area contributed by atoms with Gasteiger partial charge < -0.3 is 9.16 Å². The summed E-state index contributed by atoms with van der Waals surface area (Å²) in [6.45, 7) is 11.8. The SMILES string of the molecule is CC(C)O[Si](c1ccccc1)(c1ccccc1)N1CC(C)OC1C(C)C. The van der Waals surface area contributed by atoms with E-state index >= 15 is 0 Å². The van der Waals surface area contributed by atoms with Gasteiger partial charge in [0.25, 0.3) is 0 Å². The predicted molar refractivity (Wildman–Crippen MR) is 110 cm³/mol. The minimum absolute atomic E-state index is 0.0656. The maximum absolute atomic E-state index is 6.91. The van der Waals surface area contributed by atoms with Gasteiger partial charge in [0.1, 0.15) is 6.23 Å². The van der Waals surface area contributed by atoms with Gasteiger partial charge >= 0.3 is 8.48 Å². The van der Waals surface area contributed by atoms with Crippen LogP contribution >= 0.6 is 0 Å². The quantitative estimate of drug-likeness (QED) is 0.729. The first-order valence-electron chi connectivity index (χ1n) is 9.66. The smallest absolute Gasteiger partial charge is 0.341 e. The Kier molecular flexibility index (Phi) is 5.98. The molecule has 0 amide bonds. The molecule has 2 unspecified atom stereocenters. The van der Waals surface area contributed by atoms with Crippen LogP contribution in [0.5, 0.6) is 0 Å². The van der Waals surface area contributed by atoms with Crippen LogP contribution in [0.4, 0.5) is 0 Å². The standard InChI is InChI=1S/C22H31NO2Si/c1-17(2)22-23(16-19(5)24-22)26(25-18(3)4,20-12-8-6-9-13-20)21-14-10-7-11-15-21/h6-15,17-19,22H,16H2,1-5H3. The molecule has 0 radical (unpaired) electrons. The van der Waals surface area contributed by atoms with E-state index in [1.807, 2.05) is 0 Å². The Bertz CT molecular complexity index is 650. The van der Waals surface area contributed by atoms with Crippen molar-refractivity contribution in [3.05, 3.63) is 60.7 Å². The van der Waals surface area contributed by atoms with Gasteiger partial charge in [-0.05, 0) is 37.1 Å². The summed E-state index contributed by atoms with van der Waals surface area (Å²) in [5.74, 6) is 0.398. The van der Waals surface area contributed by atoms with Crippen molar-refractivity contribution in [2.75, 3.05) is 6.54 Å². The van der Waals surface area contributed by atoms with Gasteiger partial charge in [0, 0.05) is 12.6 Å². The highest BCUT2D eigenvalue weighted by Gasteiger charge is 2.53. The summed E-state index contributed by atoms with van der Waals surface area (Å²) in [4.78, 5) is 0.